The number of aromatic nitrogens is 2. The molecule has 9 heteroatoms. The molecule has 0 fully saturated rings. The number of primary sulfonamides is 1. The molecule has 0 bridgehead atoms. The summed E-state index contributed by atoms with van der Waals surface area (Å²) in [7, 11) is -2.34. The third kappa shape index (κ3) is 2.94. The van der Waals surface area contributed by atoms with Crippen LogP contribution in [0.15, 0.2) is 9.33 Å². The van der Waals surface area contributed by atoms with Crippen LogP contribution in [0.2, 0.25) is 0 Å². The molecule has 0 atom stereocenters. The van der Waals surface area contributed by atoms with E-state index >= 15 is 0 Å². The lowest BCUT2D eigenvalue weighted by Crippen LogP contribution is -2.14. The Hall–Kier alpha value is -1.06. The molecule has 0 aliphatic heterocycles. The quantitative estimate of drug-likeness (QED) is 0.723. The lowest BCUT2D eigenvalue weighted by molar-refractivity contribution is -0.117. The van der Waals surface area contributed by atoms with Gasteiger partial charge in [-0.2, -0.15) is 4.99 Å². The lowest BCUT2D eigenvalue weighted by Gasteiger charge is -1.87. The van der Waals surface area contributed by atoms with E-state index in [-0.39, 0.29) is 21.5 Å². The van der Waals surface area contributed by atoms with Crippen molar-refractivity contribution in [1.82, 2.24) is 9.78 Å². The van der Waals surface area contributed by atoms with Gasteiger partial charge in [0.15, 0.2) is 0 Å². The van der Waals surface area contributed by atoms with E-state index in [0.29, 0.717) is 0 Å². The Morgan fingerprint density at radius 1 is 1.67 bits per heavy atom. The molecule has 0 aliphatic carbocycles. The Kier molecular flexibility index (Phi) is 3.37. The summed E-state index contributed by atoms with van der Waals surface area (Å²) in [5, 5.41) is 8.53. The molecule has 7 nitrogen and oxygen atoms in total. The number of carbonyl (C=O) groups is 1. The van der Waals surface area contributed by atoms with E-state index in [9.17, 15) is 13.2 Å². The van der Waals surface area contributed by atoms with Crippen molar-refractivity contribution in [3.63, 3.8) is 0 Å². The number of nitrogens with zero attached hydrogens (tertiary/aromatic N) is 3. The highest BCUT2D eigenvalue weighted by Crippen LogP contribution is 2.04. The predicted octanol–water partition coefficient (Wildman–Crippen LogP) is -1.03. The Balaban J connectivity index is 3.30. The van der Waals surface area contributed by atoms with Crippen molar-refractivity contribution in [2.75, 3.05) is 0 Å². The fraction of sp³-hybridized carbons (Fsp3) is 0.500. The SMILES string of the molecule is CCC(=O)N=c1sc(S(N)(=O)=O)nn1C. The molecule has 1 aromatic heterocycles. The lowest BCUT2D eigenvalue weighted by atomic mass is 10.5. The summed E-state index contributed by atoms with van der Waals surface area (Å²) in [6.45, 7) is 1.66. The number of sulfonamides is 1. The maximum absolute atomic E-state index is 11.0. The predicted molar refractivity (Wildman–Crippen MR) is 53.3 cm³/mol. The molecular weight excluding hydrogens is 240 g/mol. The molecule has 0 radical (unpaired) electrons. The van der Waals surface area contributed by atoms with Gasteiger partial charge in [0.25, 0.3) is 10.0 Å². The molecule has 0 spiro atoms. The van der Waals surface area contributed by atoms with Crippen LogP contribution in [0.1, 0.15) is 13.3 Å². The van der Waals surface area contributed by atoms with Crippen LogP contribution in [0.25, 0.3) is 0 Å². The largest absolute Gasteiger partial charge is 0.273 e. The summed E-state index contributed by atoms with van der Waals surface area (Å²) in [6, 6.07) is 0. The van der Waals surface area contributed by atoms with Crippen molar-refractivity contribution in [2.24, 2.45) is 17.2 Å². The molecule has 0 saturated carbocycles. The first kappa shape index (κ1) is 12.0. The number of hydrogen-bond donors (Lipinski definition) is 1. The van der Waals surface area contributed by atoms with E-state index in [1.165, 1.54) is 11.7 Å². The van der Waals surface area contributed by atoms with Crippen molar-refractivity contribution < 1.29 is 13.2 Å². The molecule has 15 heavy (non-hydrogen) atoms. The third-order valence-corrected chi connectivity index (χ3v) is 3.76. The van der Waals surface area contributed by atoms with Gasteiger partial charge < -0.3 is 0 Å². The Labute approximate surface area is 90.3 Å². The molecule has 1 aromatic rings. The van der Waals surface area contributed by atoms with Gasteiger partial charge in [-0.25, -0.2) is 18.2 Å². The molecule has 2 N–H and O–H groups in total. The smallest absolute Gasteiger partial charge is 0.267 e. The van der Waals surface area contributed by atoms with E-state index in [0.717, 1.165) is 11.3 Å². The Bertz CT molecular complexity index is 539. The normalized spacial score (nSPS) is 13.1. The number of amides is 1. The summed E-state index contributed by atoms with van der Waals surface area (Å²) in [5.41, 5.74) is 0. The van der Waals surface area contributed by atoms with Gasteiger partial charge >= 0.3 is 0 Å². The van der Waals surface area contributed by atoms with Crippen LogP contribution >= 0.6 is 11.3 Å². The minimum atomic E-state index is -3.83. The zero-order valence-electron chi connectivity index (χ0n) is 8.17. The summed E-state index contributed by atoms with van der Waals surface area (Å²) in [6.07, 6.45) is 0.253. The van der Waals surface area contributed by atoms with Crippen LogP contribution in [0.4, 0.5) is 0 Å². The molecule has 1 amide bonds. The number of carbonyl (C=O) groups excluding carboxylic acids is 1. The third-order valence-electron chi connectivity index (χ3n) is 1.45. The van der Waals surface area contributed by atoms with Crippen molar-refractivity contribution in [1.29, 1.82) is 0 Å². The summed E-state index contributed by atoms with van der Waals surface area (Å²) in [4.78, 5) is 14.9. The van der Waals surface area contributed by atoms with Crippen molar-refractivity contribution in [3.05, 3.63) is 4.80 Å². The highest BCUT2D eigenvalue weighted by molar-refractivity contribution is 7.91. The second kappa shape index (κ2) is 4.21. The van der Waals surface area contributed by atoms with Gasteiger partial charge in [-0.3, -0.25) is 4.79 Å². The summed E-state index contributed by atoms with van der Waals surface area (Å²) >= 11 is 0.762. The van der Waals surface area contributed by atoms with Crippen molar-refractivity contribution in [2.45, 2.75) is 17.7 Å². The highest BCUT2D eigenvalue weighted by Gasteiger charge is 2.14. The van der Waals surface area contributed by atoms with Gasteiger partial charge in [0.05, 0.1) is 0 Å². The van der Waals surface area contributed by atoms with Crippen molar-refractivity contribution >= 4 is 27.3 Å². The molecule has 84 valence electrons. The average molecular weight is 250 g/mol. The molecule has 0 saturated heterocycles. The van der Waals surface area contributed by atoms with Crippen LogP contribution in [0.3, 0.4) is 0 Å². The molecule has 0 unspecified atom stereocenters. The first-order valence-electron chi connectivity index (χ1n) is 3.99. The fourth-order valence-corrected chi connectivity index (χ4v) is 2.29. The second-order valence-electron chi connectivity index (χ2n) is 2.68. The number of rotatable bonds is 2. The standard InChI is InChI=1S/C6H10N4O3S2/c1-3-4(11)8-5-10(2)9-6(14-5)15(7,12)13/h3H2,1-2H3,(H2,7,12,13). The zero-order valence-corrected chi connectivity index (χ0v) is 9.80. The van der Waals surface area contributed by atoms with Gasteiger partial charge in [-0.05, 0) is 0 Å². The first-order valence-corrected chi connectivity index (χ1v) is 6.35. The van der Waals surface area contributed by atoms with Gasteiger partial charge in [0, 0.05) is 13.5 Å². The molecule has 1 heterocycles. The van der Waals surface area contributed by atoms with Crippen molar-refractivity contribution in [3.8, 4) is 0 Å². The van der Waals surface area contributed by atoms with Crippen LogP contribution in [-0.4, -0.2) is 24.1 Å². The molecule has 1 rings (SSSR count). The molecule has 0 aliphatic rings. The van der Waals surface area contributed by atoms with Crippen LogP contribution < -0.4 is 9.94 Å². The van der Waals surface area contributed by atoms with Crippen LogP contribution in [0, 0.1) is 0 Å². The summed E-state index contributed by atoms with van der Waals surface area (Å²) in [5.74, 6) is -0.338. The minimum Gasteiger partial charge on any atom is -0.273 e. The number of hydrogen-bond acceptors (Lipinski definition) is 5. The van der Waals surface area contributed by atoms with E-state index in [4.69, 9.17) is 5.14 Å². The minimum absolute atomic E-state index is 0.214. The van der Waals surface area contributed by atoms with E-state index in [2.05, 4.69) is 10.1 Å². The van der Waals surface area contributed by atoms with Crippen LogP contribution in [-0.2, 0) is 21.9 Å². The highest BCUT2D eigenvalue weighted by atomic mass is 32.2. The maximum Gasteiger partial charge on any atom is 0.267 e. The topological polar surface area (TPSA) is 107 Å². The number of nitrogens with two attached hydrogens (primary N) is 1. The molecule has 0 aromatic carbocycles. The van der Waals surface area contributed by atoms with Gasteiger partial charge in [-0.15, -0.1) is 5.10 Å². The second-order valence-corrected chi connectivity index (χ2v) is 5.37. The first-order chi connectivity index (χ1) is 6.84. The monoisotopic (exact) mass is 250 g/mol. The van der Waals surface area contributed by atoms with E-state index in [1.807, 2.05) is 0 Å². The molecular formula is C6H10N4O3S2. The summed E-state index contributed by atoms with van der Waals surface area (Å²) < 4.78 is 22.8. The average Bonchev–Trinajstić information content (AvgIpc) is 2.47. The number of aryl methyl sites for hydroxylation is 1. The van der Waals surface area contributed by atoms with Gasteiger partial charge in [-0.1, -0.05) is 18.3 Å². The van der Waals surface area contributed by atoms with Gasteiger partial charge in [0.1, 0.15) is 0 Å². The maximum atomic E-state index is 11.0. The van der Waals surface area contributed by atoms with Crippen LogP contribution in [0.5, 0.6) is 0 Å². The zero-order chi connectivity index (χ0) is 11.6. The van der Waals surface area contributed by atoms with E-state index in [1.54, 1.807) is 6.92 Å². The Morgan fingerprint density at radius 3 is 2.67 bits per heavy atom. The van der Waals surface area contributed by atoms with E-state index < -0.39 is 10.0 Å². The Morgan fingerprint density at radius 2 is 2.27 bits per heavy atom. The van der Waals surface area contributed by atoms with Gasteiger partial charge in [0.2, 0.25) is 15.0 Å². The fourth-order valence-electron chi connectivity index (χ4n) is 0.726.